The first kappa shape index (κ1) is 9.63. The van der Waals surface area contributed by atoms with Crippen molar-refractivity contribution in [2.75, 3.05) is 7.11 Å². The quantitative estimate of drug-likeness (QED) is 0.765. The van der Waals surface area contributed by atoms with Gasteiger partial charge >= 0.3 is 0 Å². The molecule has 0 fully saturated rings. The van der Waals surface area contributed by atoms with Crippen LogP contribution < -0.4 is 4.74 Å². The highest BCUT2D eigenvalue weighted by Gasteiger charge is 2.31. The van der Waals surface area contributed by atoms with Gasteiger partial charge in [-0.2, -0.15) is 0 Å². The molecular formula is C13H12O3. The molecule has 0 aromatic heterocycles. The van der Waals surface area contributed by atoms with Crippen LogP contribution in [0, 0.1) is 0 Å². The van der Waals surface area contributed by atoms with Gasteiger partial charge in [0.25, 0.3) is 0 Å². The smallest absolute Gasteiger partial charge is 0.126 e. The Kier molecular flexibility index (Phi) is 1.93. The summed E-state index contributed by atoms with van der Waals surface area (Å²) in [5.74, 6) is 0.766. The number of aliphatic hydroxyl groups is 2. The Balaban J connectivity index is 2.44. The molecule has 3 nitrogen and oxygen atoms in total. The normalized spacial score (nSPS) is 22.7. The third-order valence-corrected chi connectivity index (χ3v) is 3.22. The molecule has 3 rings (SSSR count). The summed E-state index contributed by atoms with van der Waals surface area (Å²) >= 11 is 0. The molecule has 2 atom stereocenters. The predicted molar refractivity (Wildman–Crippen MR) is 60.4 cm³/mol. The predicted octanol–water partition coefficient (Wildman–Crippen LogP) is 1.93. The van der Waals surface area contributed by atoms with Crippen molar-refractivity contribution >= 4 is 10.8 Å². The third kappa shape index (κ3) is 1.04. The van der Waals surface area contributed by atoms with Crippen LogP contribution in [0.4, 0.5) is 0 Å². The van der Waals surface area contributed by atoms with E-state index in [1.807, 2.05) is 30.3 Å². The second kappa shape index (κ2) is 3.20. The van der Waals surface area contributed by atoms with E-state index in [-0.39, 0.29) is 0 Å². The van der Waals surface area contributed by atoms with E-state index in [9.17, 15) is 10.2 Å². The molecule has 0 aliphatic heterocycles. The summed E-state index contributed by atoms with van der Waals surface area (Å²) in [6.45, 7) is 0. The Morgan fingerprint density at radius 1 is 1.00 bits per heavy atom. The van der Waals surface area contributed by atoms with Crippen molar-refractivity contribution in [2.45, 2.75) is 12.2 Å². The maximum Gasteiger partial charge on any atom is 0.126 e. The molecule has 16 heavy (non-hydrogen) atoms. The number of benzene rings is 2. The summed E-state index contributed by atoms with van der Waals surface area (Å²) in [7, 11) is 1.62. The van der Waals surface area contributed by atoms with E-state index >= 15 is 0 Å². The van der Waals surface area contributed by atoms with Gasteiger partial charge in [-0.25, -0.2) is 0 Å². The van der Waals surface area contributed by atoms with Gasteiger partial charge in [0.2, 0.25) is 0 Å². The molecule has 2 aromatic rings. The molecule has 3 heteroatoms. The van der Waals surface area contributed by atoms with Crippen molar-refractivity contribution < 1.29 is 14.9 Å². The minimum atomic E-state index is -0.828. The highest BCUT2D eigenvalue weighted by molar-refractivity contribution is 5.96. The zero-order valence-corrected chi connectivity index (χ0v) is 8.84. The van der Waals surface area contributed by atoms with E-state index in [0.717, 1.165) is 27.6 Å². The van der Waals surface area contributed by atoms with E-state index in [1.54, 1.807) is 7.11 Å². The average molecular weight is 216 g/mol. The van der Waals surface area contributed by atoms with E-state index in [0.29, 0.717) is 0 Å². The SMILES string of the molecule is COc1ccc2c3c(cccc13)C(O)C2O. The Labute approximate surface area is 92.9 Å². The largest absolute Gasteiger partial charge is 0.496 e. The van der Waals surface area contributed by atoms with Crippen LogP contribution in [0.15, 0.2) is 30.3 Å². The van der Waals surface area contributed by atoms with Gasteiger partial charge in [0.15, 0.2) is 0 Å². The van der Waals surface area contributed by atoms with Crippen molar-refractivity contribution in [3.05, 3.63) is 41.5 Å². The van der Waals surface area contributed by atoms with E-state index in [4.69, 9.17) is 4.74 Å². The Bertz CT molecular complexity index is 548. The van der Waals surface area contributed by atoms with Crippen LogP contribution in [0.2, 0.25) is 0 Å². The molecule has 0 heterocycles. The van der Waals surface area contributed by atoms with Gasteiger partial charge in [-0.05, 0) is 22.6 Å². The van der Waals surface area contributed by atoms with Gasteiger partial charge in [-0.15, -0.1) is 0 Å². The molecule has 2 aromatic carbocycles. The lowest BCUT2D eigenvalue weighted by Crippen LogP contribution is -2.02. The van der Waals surface area contributed by atoms with Gasteiger partial charge in [0.1, 0.15) is 18.0 Å². The first-order valence-electron chi connectivity index (χ1n) is 5.19. The van der Waals surface area contributed by atoms with Crippen molar-refractivity contribution in [2.24, 2.45) is 0 Å². The first-order chi connectivity index (χ1) is 7.74. The van der Waals surface area contributed by atoms with Gasteiger partial charge in [0.05, 0.1) is 7.11 Å². The number of methoxy groups -OCH3 is 1. The van der Waals surface area contributed by atoms with Gasteiger partial charge in [-0.3, -0.25) is 0 Å². The fourth-order valence-electron chi connectivity index (χ4n) is 2.45. The van der Waals surface area contributed by atoms with Crippen LogP contribution in [-0.2, 0) is 0 Å². The van der Waals surface area contributed by atoms with Crippen molar-refractivity contribution in [1.82, 2.24) is 0 Å². The van der Waals surface area contributed by atoms with Crippen LogP contribution in [0.1, 0.15) is 23.3 Å². The topological polar surface area (TPSA) is 49.7 Å². The molecule has 0 bridgehead atoms. The lowest BCUT2D eigenvalue weighted by Gasteiger charge is -2.08. The third-order valence-electron chi connectivity index (χ3n) is 3.22. The summed E-state index contributed by atoms with van der Waals surface area (Å²) in [4.78, 5) is 0. The Morgan fingerprint density at radius 3 is 2.38 bits per heavy atom. The first-order valence-corrected chi connectivity index (χ1v) is 5.19. The number of aliphatic hydroxyl groups excluding tert-OH is 2. The van der Waals surface area contributed by atoms with Gasteiger partial charge in [0, 0.05) is 5.39 Å². The van der Waals surface area contributed by atoms with Crippen LogP contribution in [0.3, 0.4) is 0 Å². The number of rotatable bonds is 1. The molecule has 2 unspecified atom stereocenters. The highest BCUT2D eigenvalue weighted by Crippen LogP contribution is 2.46. The van der Waals surface area contributed by atoms with Crippen molar-refractivity contribution in [1.29, 1.82) is 0 Å². The fourth-order valence-corrected chi connectivity index (χ4v) is 2.45. The maximum absolute atomic E-state index is 9.91. The highest BCUT2D eigenvalue weighted by atomic mass is 16.5. The zero-order chi connectivity index (χ0) is 11.3. The standard InChI is InChI=1S/C13H12O3/c1-16-10-6-5-9-11-7(10)3-2-4-8(11)12(14)13(9)15/h2-6,12-15H,1H3. The lowest BCUT2D eigenvalue weighted by molar-refractivity contribution is 0.0253. The average Bonchev–Trinajstić information content (AvgIpc) is 2.57. The summed E-state index contributed by atoms with van der Waals surface area (Å²) in [5, 5.41) is 21.7. The molecule has 0 spiro atoms. The number of hydrogen-bond acceptors (Lipinski definition) is 3. The molecule has 0 saturated carbocycles. The Hall–Kier alpha value is -1.58. The molecule has 0 amide bonds. The lowest BCUT2D eigenvalue weighted by atomic mass is 10.0. The molecule has 1 aliphatic rings. The number of hydrogen-bond donors (Lipinski definition) is 2. The zero-order valence-electron chi connectivity index (χ0n) is 8.84. The number of ether oxygens (including phenoxy) is 1. The second-order valence-electron chi connectivity index (χ2n) is 4.02. The van der Waals surface area contributed by atoms with Crippen LogP contribution in [-0.4, -0.2) is 17.3 Å². The second-order valence-corrected chi connectivity index (χ2v) is 4.02. The summed E-state index contributed by atoms with van der Waals surface area (Å²) in [6.07, 6.45) is -1.66. The molecular weight excluding hydrogens is 204 g/mol. The van der Waals surface area contributed by atoms with E-state index < -0.39 is 12.2 Å². The molecule has 82 valence electrons. The van der Waals surface area contributed by atoms with Crippen LogP contribution in [0.25, 0.3) is 10.8 Å². The van der Waals surface area contributed by atoms with Gasteiger partial charge < -0.3 is 14.9 Å². The maximum atomic E-state index is 9.91. The van der Waals surface area contributed by atoms with Crippen molar-refractivity contribution in [3.8, 4) is 5.75 Å². The Morgan fingerprint density at radius 2 is 1.69 bits per heavy atom. The minimum absolute atomic E-state index is 0.766. The molecule has 0 saturated heterocycles. The van der Waals surface area contributed by atoms with E-state index in [2.05, 4.69) is 0 Å². The summed E-state index contributed by atoms with van der Waals surface area (Å²) in [5.41, 5.74) is 1.55. The molecule has 1 aliphatic carbocycles. The van der Waals surface area contributed by atoms with E-state index in [1.165, 1.54) is 0 Å². The molecule has 0 radical (unpaired) electrons. The summed E-state index contributed by atoms with van der Waals surface area (Å²) in [6, 6.07) is 9.28. The van der Waals surface area contributed by atoms with Crippen LogP contribution in [0.5, 0.6) is 5.75 Å². The summed E-state index contributed by atoms with van der Waals surface area (Å²) < 4.78 is 5.27. The van der Waals surface area contributed by atoms with Crippen molar-refractivity contribution in [3.63, 3.8) is 0 Å². The molecule has 2 N–H and O–H groups in total. The fraction of sp³-hybridized carbons (Fsp3) is 0.231. The van der Waals surface area contributed by atoms with Gasteiger partial charge in [-0.1, -0.05) is 24.3 Å². The monoisotopic (exact) mass is 216 g/mol. The minimum Gasteiger partial charge on any atom is -0.496 e. The van der Waals surface area contributed by atoms with Crippen LogP contribution >= 0.6 is 0 Å².